The van der Waals surface area contributed by atoms with Crippen LogP contribution in [0.3, 0.4) is 0 Å². The van der Waals surface area contributed by atoms with Crippen molar-refractivity contribution < 1.29 is 24.2 Å². The van der Waals surface area contributed by atoms with Crippen LogP contribution in [-0.2, 0) is 16.1 Å². The Hall–Kier alpha value is -2.73. The number of benzene rings is 1. The zero-order valence-electron chi connectivity index (χ0n) is 13.4. The third kappa shape index (κ3) is 3.00. The topological polar surface area (TPSA) is 91.0 Å². The number of nitrogens with zero attached hydrogens (tertiary/aromatic N) is 1. The van der Waals surface area contributed by atoms with E-state index in [1.54, 1.807) is 25.1 Å². The molecule has 6 nitrogen and oxygen atoms in total. The van der Waals surface area contributed by atoms with Crippen molar-refractivity contribution in [2.45, 2.75) is 25.9 Å². The quantitative estimate of drug-likeness (QED) is 0.850. The zero-order valence-corrected chi connectivity index (χ0v) is 14.2. The number of phenolic OH excluding ortho intramolecular Hbond substituents is 1. The fourth-order valence-electron chi connectivity index (χ4n) is 2.90. The van der Waals surface area contributed by atoms with Crippen LogP contribution in [0.15, 0.2) is 52.3 Å². The molecule has 0 saturated carbocycles. The summed E-state index contributed by atoms with van der Waals surface area (Å²) in [7, 11) is 0. The van der Waals surface area contributed by atoms with Gasteiger partial charge in [-0.1, -0.05) is 24.6 Å². The van der Waals surface area contributed by atoms with E-state index in [1.165, 1.54) is 23.3 Å². The third-order valence-electron chi connectivity index (χ3n) is 4.12. The number of furan rings is 1. The number of aromatic hydroxyl groups is 1. The molecule has 2 N–H and O–H groups in total. The third-order valence-corrected chi connectivity index (χ3v) is 4.42. The van der Waals surface area contributed by atoms with Crippen molar-refractivity contribution in [3.63, 3.8) is 0 Å². The highest BCUT2D eigenvalue weighted by atomic mass is 35.5. The SMILES string of the molecule is CCC(=O)C1=C(O)C(=O)N(Cc2ccco2)C1c1ccc(O)c(Cl)c1. The first-order valence-electron chi connectivity index (χ1n) is 7.72. The molecule has 7 heteroatoms. The number of Topliss-reactive ketones (excluding diaryl/α,β-unsaturated/α-hetero) is 1. The van der Waals surface area contributed by atoms with Crippen molar-refractivity contribution >= 4 is 23.3 Å². The first kappa shape index (κ1) is 17.1. The van der Waals surface area contributed by atoms with Gasteiger partial charge >= 0.3 is 0 Å². The van der Waals surface area contributed by atoms with Crippen molar-refractivity contribution in [1.82, 2.24) is 4.90 Å². The summed E-state index contributed by atoms with van der Waals surface area (Å²) in [5.41, 5.74) is 0.546. The Morgan fingerprint density at radius 1 is 1.32 bits per heavy atom. The highest BCUT2D eigenvalue weighted by Crippen LogP contribution is 2.41. The standard InChI is InChI=1S/C18H16ClNO5/c1-2-13(21)15-16(10-5-6-14(22)12(19)8-10)20(18(24)17(15)23)9-11-4-3-7-25-11/h3-8,16,22-23H,2,9H2,1H3. The number of halogens is 1. The summed E-state index contributed by atoms with van der Waals surface area (Å²) < 4.78 is 5.28. The highest BCUT2D eigenvalue weighted by molar-refractivity contribution is 6.32. The molecule has 1 amide bonds. The van der Waals surface area contributed by atoms with Crippen molar-refractivity contribution in [1.29, 1.82) is 0 Å². The van der Waals surface area contributed by atoms with E-state index in [2.05, 4.69) is 0 Å². The van der Waals surface area contributed by atoms with Gasteiger partial charge in [0, 0.05) is 6.42 Å². The minimum absolute atomic E-state index is 0.0285. The van der Waals surface area contributed by atoms with Crippen LogP contribution in [0.2, 0.25) is 5.02 Å². The fourth-order valence-corrected chi connectivity index (χ4v) is 3.09. The second-order valence-corrected chi connectivity index (χ2v) is 6.07. The van der Waals surface area contributed by atoms with Crippen LogP contribution in [0, 0.1) is 0 Å². The molecular formula is C18H16ClNO5. The molecule has 3 rings (SSSR count). The summed E-state index contributed by atoms with van der Waals surface area (Å²) in [6.45, 7) is 1.74. The molecule has 1 aromatic heterocycles. The molecule has 2 aromatic rings. The van der Waals surface area contributed by atoms with Gasteiger partial charge in [-0.05, 0) is 29.8 Å². The van der Waals surface area contributed by atoms with Crippen LogP contribution in [-0.4, -0.2) is 26.8 Å². The molecule has 0 aliphatic carbocycles. The van der Waals surface area contributed by atoms with Gasteiger partial charge in [0.25, 0.3) is 5.91 Å². The molecule has 0 fully saturated rings. The number of amides is 1. The molecule has 0 saturated heterocycles. The Balaban J connectivity index is 2.09. The number of hydrogen-bond acceptors (Lipinski definition) is 5. The normalized spacial score (nSPS) is 17.4. The van der Waals surface area contributed by atoms with Gasteiger partial charge in [0.05, 0.1) is 29.4 Å². The van der Waals surface area contributed by atoms with Crippen LogP contribution >= 0.6 is 11.6 Å². The van der Waals surface area contributed by atoms with Gasteiger partial charge in [0.15, 0.2) is 11.5 Å². The van der Waals surface area contributed by atoms with Gasteiger partial charge in [-0.25, -0.2) is 0 Å². The number of ketones is 1. The number of aliphatic hydroxyl groups is 1. The summed E-state index contributed by atoms with van der Waals surface area (Å²) in [5, 5.41) is 20.0. The maximum absolute atomic E-state index is 12.5. The summed E-state index contributed by atoms with van der Waals surface area (Å²) in [4.78, 5) is 26.2. The van der Waals surface area contributed by atoms with Gasteiger partial charge in [-0.15, -0.1) is 0 Å². The van der Waals surface area contributed by atoms with Crippen molar-refractivity contribution in [2.75, 3.05) is 0 Å². The summed E-state index contributed by atoms with van der Waals surface area (Å²) >= 11 is 5.98. The smallest absolute Gasteiger partial charge is 0.290 e. The molecule has 1 aliphatic heterocycles. The van der Waals surface area contributed by atoms with Gasteiger partial charge in [0.2, 0.25) is 0 Å². The molecule has 0 spiro atoms. The number of carbonyl (C=O) groups is 2. The highest BCUT2D eigenvalue weighted by Gasteiger charge is 2.43. The molecule has 0 radical (unpaired) electrons. The van der Waals surface area contributed by atoms with E-state index in [0.717, 1.165) is 0 Å². The largest absolute Gasteiger partial charge is 0.506 e. The molecule has 130 valence electrons. The number of hydrogen-bond donors (Lipinski definition) is 2. The molecule has 25 heavy (non-hydrogen) atoms. The second-order valence-electron chi connectivity index (χ2n) is 5.66. The monoisotopic (exact) mass is 361 g/mol. The van der Waals surface area contributed by atoms with Crippen LogP contribution in [0.5, 0.6) is 5.75 Å². The molecule has 1 atom stereocenters. The van der Waals surface area contributed by atoms with Crippen molar-refractivity contribution in [3.05, 3.63) is 64.3 Å². The van der Waals surface area contributed by atoms with E-state index in [4.69, 9.17) is 16.0 Å². The van der Waals surface area contributed by atoms with Crippen LogP contribution in [0.25, 0.3) is 0 Å². The maximum Gasteiger partial charge on any atom is 0.290 e. The molecule has 1 unspecified atom stereocenters. The molecule has 2 heterocycles. The number of phenols is 1. The molecule has 1 aromatic carbocycles. The lowest BCUT2D eigenvalue weighted by Gasteiger charge is -2.26. The van der Waals surface area contributed by atoms with Gasteiger partial charge in [-0.3, -0.25) is 9.59 Å². The van der Waals surface area contributed by atoms with E-state index < -0.39 is 17.7 Å². The molecule has 0 bridgehead atoms. The Kier molecular flexibility index (Phi) is 4.55. The lowest BCUT2D eigenvalue weighted by atomic mass is 9.95. The van der Waals surface area contributed by atoms with E-state index in [9.17, 15) is 19.8 Å². The van der Waals surface area contributed by atoms with E-state index in [0.29, 0.717) is 11.3 Å². The van der Waals surface area contributed by atoms with Crippen LogP contribution in [0.4, 0.5) is 0 Å². The number of carbonyl (C=O) groups excluding carboxylic acids is 2. The minimum Gasteiger partial charge on any atom is -0.506 e. The Morgan fingerprint density at radius 2 is 2.08 bits per heavy atom. The summed E-state index contributed by atoms with van der Waals surface area (Å²) in [5.74, 6) is -1.14. The number of aliphatic hydroxyl groups excluding tert-OH is 1. The van der Waals surface area contributed by atoms with Crippen molar-refractivity contribution in [3.8, 4) is 5.75 Å². The fraction of sp³-hybridized carbons (Fsp3) is 0.222. The van der Waals surface area contributed by atoms with Crippen LogP contribution < -0.4 is 0 Å². The Bertz CT molecular complexity index is 856. The number of rotatable bonds is 5. The predicted octanol–water partition coefficient (Wildman–Crippen LogP) is 3.51. The maximum atomic E-state index is 12.5. The van der Waals surface area contributed by atoms with Crippen LogP contribution in [0.1, 0.15) is 30.7 Å². The molecule has 1 aliphatic rings. The van der Waals surface area contributed by atoms with Gasteiger partial charge in [0.1, 0.15) is 11.5 Å². The van der Waals surface area contributed by atoms with E-state index in [-0.39, 0.29) is 35.1 Å². The first-order valence-corrected chi connectivity index (χ1v) is 8.10. The lowest BCUT2D eigenvalue weighted by molar-refractivity contribution is -0.130. The lowest BCUT2D eigenvalue weighted by Crippen LogP contribution is -2.30. The molecular weight excluding hydrogens is 346 g/mol. The van der Waals surface area contributed by atoms with E-state index in [1.807, 2.05) is 0 Å². The average molecular weight is 362 g/mol. The Labute approximate surface area is 148 Å². The average Bonchev–Trinajstić information content (AvgIpc) is 3.19. The minimum atomic E-state index is -0.803. The van der Waals surface area contributed by atoms with Gasteiger partial charge in [-0.2, -0.15) is 0 Å². The van der Waals surface area contributed by atoms with E-state index >= 15 is 0 Å². The predicted molar refractivity (Wildman–Crippen MR) is 90.1 cm³/mol. The Morgan fingerprint density at radius 3 is 2.68 bits per heavy atom. The zero-order chi connectivity index (χ0) is 18.1. The summed E-state index contributed by atoms with van der Waals surface area (Å²) in [6.07, 6.45) is 1.62. The summed E-state index contributed by atoms with van der Waals surface area (Å²) in [6, 6.07) is 7.01. The first-order chi connectivity index (χ1) is 11.9. The second kappa shape index (κ2) is 6.64. The van der Waals surface area contributed by atoms with Crippen molar-refractivity contribution in [2.24, 2.45) is 0 Å². The van der Waals surface area contributed by atoms with Gasteiger partial charge < -0.3 is 19.5 Å².